The molecule has 36 heavy (non-hydrogen) atoms. The maximum atomic E-state index is 13.8. The van der Waals surface area contributed by atoms with Crippen molar-refractivity contribution in [3.05, 3.63) is 70.9 Å². The zero-order valence-electron chi connectivity index (χ0n) is 19.7. The maximum Gasteiger partial charge on any atom is 0.417 e. The van der Waals surface area contributed by atoms with Crippen molar-refractivity contribution in [1.82, 2.24) is 4.98 Å². The van der Waals surface area contributed by atoms with Crippen molar-refractivity contribution in [3.63, 3.8) is 0 Å². The van der Waals surface area contributed by atoms with Crippen molar-refractivity contribution in [1.29, 1.82) is 0 Å². The number of carbonyl (C=O) groups is 1. The zero-order valence-corrected chi connectivity index (χ0v) is 19.7. The zero-order chi connectivity index (χ0) is 25.4. The number of hydrogen-bond acceptors (Lipinski definition) is 6. The Morgan fingerprint density at radius 2 is 1.97 bits per heavy atom. The fourth-order valence-corrected chi connectivity index (χ4v) is 5.01. The number of rotatable bonds is 6. The summed E-state index contributed by atoms with van der Waals surface area (Å²) < 4.78 is 63.6. The van der Waals surface area contributed by atoms with E-state index in [-0.39, 0.29) is 35.9 Å². The lowest BCUT2D eigenvalue weighted by molar-refractivity contribution is -0.141. The molecule has 188 valence electrons. The fraction of sp³-hybridized carbons (Fsp3) is 0.333. The molecule has 0 saturated heterocycles. The number of ether oxygens (including phenoxy) is 4. The molecule has 0 amide bonds. The second-order valence-corrected chi connectivity index (χ2v) is 8.75. The summed E-state index contributed by atoms with van der Waals surface area (Å²) in [5, 5.41) is 0. The van der Waals surface area contributed by atoms with Gasteiger partial charge in [-0.1, -0.05) is 24.3 Å². The minimum atomic E-state index is -4.56. The smallest absolute Gasteiger partial charge is 0.417 e. The van der Waals surface area contributed by atoms with E-state index < -0.39 is 11.7 Å². The number of aromatic nitrogens is 1. The first-order valence-electron chi connectivity index (χ1n) is 11.5. The van der Waals surface area contributed by atoms with E-state index in [1.165, 1.54) is 14.2 Å². The van der Waals surface area contributed by atoms with Crippen LogP contribution >= 0.6 is 0 Å². The van der Waals surface area contributed by atoms with Gasteiger partial charge in [-0.2, -0.15) is 13.2 Å². The average molecular weight is 499 g/mol. The molecule has 2 aromatic carbocycles. The summed E-state index contributed by atoms with van der Waals surface area (Å²) in [6.45, 7) is 0.387. The highest BCUT2D eigenvalue weighted by molar-refractivity contribution is 5.77. The van der Waals surface area contributed by atoms with Crippen molar-refractivity contribution >= 4 is 5.97 Å². The summed E-state index contributed by atoms with van der Waals surface area (Å²) >= 11 is 0. The van der Waals surface area contributed by atoms with Gasteiger partial charge < -0.3 is 18.9 Å². The van der Waals surface area contributed by atoms with Gasteiger partial charge in [0.1, 0.15) is 17.6 Å². The molecule has 5 rings (SSSR count). The molecule has 3 aromatic rings. The highest BCUT2D eigenvalue weighted by atomic mass is 19.4. The number of halogens is 3. The van der Waals surface area contributed by atoms with Crippen LogP contribution in [0.25, 0.3) is 11.1 Å². The molecule has 1 aromatic heterocycles. The van der Waals surface area contributed by atoms with E-state index in [9.17, 15) is 18.0 Å². The Bertz CT molecular complexity index is 1310. The molecule has 0 radical (unpaired) electrons. The molecule has 0 N–H and O–H groups in total. The van der Waals surface area contributed by atoms with Gasteiger partial charge in [-0.15, -0.1) is 0 Å². The molecule has 6 nitrogen and oxygen atoms in total. The van der Waals surface area contributed by atoms with E-state index >= 15 is 0 Å². The van der Waals surface area contributed by atoms with Gasteiger partial charge >= 0.3 is 12.1 Å². The first kappa shape index (κ1) is 24.0. The van der Waals surface area contributed by atoms with Crippen LogP contribution in [0.15, 0.2) is 48.7 Å². The largest absolute Gasteiger partial charge is 0.492 e. The van der Waals surface area contributed by atoms with Crippen molar-refractivity contribution in [2.75, 3.05) is 20.8 Å². The van der Waals surface area contributed by atoms with Gasteiger partial charge in [0, 0.05) is 23.7 Å². The molecule has 2 aliphatic rings. The van der Waals surface area contributed by atoms with Crippen molar-refractivity contribution in [2.24, 2.45) is 0 Å². The third-order valence-corrected chi connectivity index (χ3v) is 6.68. The molecule has 0 spiro atoms. The Labute approximate surface area is 206 Å². The van der Waals surface area contributed by atoms with Gasteiger partial charge in [-0.25, -0.2) is 4.98 Å². The fourth-order valence-electron chi connectivity index (χ4n) is 5.01. The number of fused-ring (bicyclic) bond motifs is 2. The number of nitrogens with zero attached hydrogens (tertiary/aromatic N) is 1. The summed E-state index contributed by atoms with van der Waals surface area (Å²) in [5.74, 6) is 0.802. The van der Waals surface area contributed by atoms with Crippen LogP contribution in [0, 0.1) is 0 Å². The number of benzene rings is 2. The molecule has 1 aliphatic carbocycles. The van der Waals surface area contributed by atoms with Crippen molar-refractivity contribution in [2.45, 2.75) is 37.5 Å². The molecule has 2 atom stereocenters. The summed E-state index contributed by atoms with van der Waals surface area (Å²) in [5.41, 5.74) is 2.13. The van der Waals surface area contributed by atoms with E-state index in [1.54, 1.807) is 18.2 Å². The second-order valence-electron chi connectivity index (χ2n) is 8.75. The Balaban J connectivity index is 1.44. The first-order valence-corrected chi connectivity index (χ1v) is 11.5. The number of esters is 1. The third kappa shape index (κ3) is 4.34. The summed E-state index contributed by atoms with van der Waals surface area (Å²) in [6.07, 6.45) is -2.39. The normalized spacial score (nSPS) is 18.2. The second kappa shape index (κ2) is 9.37. The number of alkyl halides is 3. The molecule has 1 aliphatic heterocycles. The van der Waals surface area contributed by atoms with Gasteiger partial charge in [0.25, 0.3) is 0 Å². The lowest BCUT2D eigenvalue weighted by Gasteiger charge is -2.19. The van der Waals surface area contributed by atoms with Crippen LogP contribution in [0.5, 0.6) is 17.4 Å². The van der Waals surface area contributed by atoms with Crippen LogP contribution < -0.4 is 14.2 Å². The lowest BCUT2D eigenvalue weighted by atomic mass is 9.94. The Morgan fingerprint density at radius 3 is 2.72 bits per heavy atom. The lowest BCUT2D eigenvalue weighted by Crippen LogP contribution is -2.10. The van der Waals surface area contributed by atoms with Crippen molar-refractivity contribution in [3.8, 4) is 28.5 Å². The van der Waals surface area contributed by atoms with E-state index in [4.69, 9.17) is 18.9 Å². The quantitative estimate of drug-likeness (QED) is 0.395. The van der Waals surface area contributed by atoms with Crippen molar-refractivity contribution < 1.29 is 36.9 Å². The van der Waals surface area contributed by atoms with E-state index in [1.807, 2.05) is 18.2 Å². The molecular weight excluding hydrogens is 475 g/mol. The van der Waals surface area contributed by atoms with Gasteiger partial charge in [-0.05, 0) is 41.7 Å². The summed E-state index contributed by atoms with van der Waals surface area (Å²) in [6, 6.07) is 11.7. The Hall–Kier alpha value is -3.75. The standard InChI is InChI=1S/C27H24F3NO5/c1-33-24(32)12-15-14-35-23-13-16(6-7-17(15)23)36-22-9-8-18-19(22)4-3-5-20(18)25-21(27(28,29)30)10-11-31-26(25)34-2/h3-7,10-11,13,15,22H,8-9,12,14H2,1-2H3/t15?,22-/m1/s1. The Kier molecular flexibility index (Phi) is 6.24. The van der Waals surface area contributed by atoms with Gasteiger partial charge in [-0.3, -0.25) is 4.79 Å². The predicted octanol–water partition coefficient (Wildman–Crippen LogP) is 5.88. The summed E-state index contributed by atoms with van der Waals surface area (Å²) in [4.78, 5) is 15.7. The topological polar surface area (TPSA) is 66.9 Å². The molecule has 0 bridgehead atoms. The number of carbonyl (C=O) groups excluding carboxylic acids is 1. The number of methoxy groups -OCH3 is 2. The van der Waals surface area contributed by atoms with E-state index in [0.29, 0.717) is 36.5 Å². The molecular formula is C27H24F3NO5. The first-order chi connectivity index (χ1) is 17.3. The number of hydrogen-bond donors (Lipinski definition) is 0. The van der Waals surface area contributed by atoms with Crippen LogP contribution in [-0.4, -0.2) is 31.8 Å². The van der Waals surface area contributed by atoms with Gasteiger partial charge in [0.15, 0.2) is 0 Å². The molecule has 1 unspecified atom stereocenters. The highest BCUT2D eigenvalue weighted by Gasteiger charge is 2.37. The SMILES string of the molecule is COC(=O)CC1COc2cc(O[C@@H]3CCc4c(-c5c(C(F)(F)F)ccnc5OC)cccc43)ccc21. The highest BCUT2D eigenvalue weighted by Crippen LogP contribution is 2.47. The van der Waals surface area contributed by atoms with Crippen LogP contribution in [0.4, 0.5) is 13.2 Å². The van der Waals surface area contributed by atoms with Crippen LogP contribution in [0.2, 0.25) is 0 Å². The van der Waals surface area contributed by atoms with Gasteiger partial charge in [0.05, 0.1) is 38.4 Å². The molecule has 0 fully saturated rings. The minimum Gasteiger partial charge on any atom is -0.492 e. The summed E-state index contributed by atoms with van der Waals surface area (Å²) in [7, 11) is 2.67. The predicted molar refractivity (Wildman–Crippen MR) is 124 cm³/mol. The van der Waals surface area contributed by atoms with E-state index in [0.717, 1.165) is 29.0 Å². The Morgan fingerprint density at radius 1 is 1.14 bits per heavy atom. The average Bonchev–Trinajstić information content (AvgIpc) is 3.46. The van der Waals surface area contributed by atoms with E-state index in [2.05, 4.69) is 4.98 Å². The third-order valence-electron chi connectivity index (χ3n) is 6.68. The van der Waals surface area contributed by atoms with Crippen LogP contribution in [0.1, 0.15) is 47.1 Å². The maximum absolute atomic E-state index is 13.8. The monoisotopic (exact) mass is 499 g/mol. The minimum absolute atomic E-state index is 0.0624. The van der Waals surface area contributed by atoms with Crippen LogP contribution in [-0.2, 0) is 22.1 Å². The molecule has 2 heterocycles. The molecule has 0 saturated carbocycles. The van der Waals surface area contributed by atoms with Crippen LogP contribution in [0.3, 0.4) is 0 Å². The number of pyridine rings is 1. The van der Waals surface area contributed by atoms with Gasteiger partial charge in [0.2, 0.25) is 5.88 Å². The molecule has 9 heteroatoms.